The predicted octanol–water partition coefficient (Wildman–Crippen LogP) is 1.88. The lowest BCUT2D eigenvalue weighted by molar-refractivity contribution is -0.119. The molecule has 2 aliphatic rings. The third-order valence-electron chi connectivity index (χ3n) is 5.14. The van der Waals surface area contributed by atoms with Crippen LogP contribution >= 0.6 is 0 Å². The molecule has 2 aromatic carbocycles. The Morgan fingerprint density at radius 3 is 2.78 bits per heavy atom. The van der Waals surface area contributed by atoms with Crippen LogP contribution in [0, 0.1) is 0 Å². The third kappa shape index (κ3) is 3.84. The highest BCUT2D eigenvalue weighted by Gasteiger charge is 2.32. The number of hydrogen-bond acceptors (Lipinski definition) is 4. The Kier molecular flexibility index (Phi) is 4.62. The number of aliphatic imine (C=N–C) groups is 1. The molecule has 0 radical (unpaired) electrons. The molecule has 0 fully saturated rings. The largest absolute Gasteiger partial charge is 0.370 e. The van der Waals surface area contributed by atoms with Crippen LogP contribution in [0.15, 0.2) is 53.5 Å². The number of hydrogen-bond donors (Lipinski definition) is 2. The topological polar surface area (TPSA) is 87.8 Å². The molecule has 0 spiro atoms. The van der Waals surface area contributed by atoms with Crippen LogP contribution in [0.3, 0.4) is 0 Å². The first kappa shape index (κ1) is 17.3. The van der Waals surface area contributed by atoms with Gasteiger partial charge in [-0.1, -0.05) is 42.5 Å². The summed E-state index contributed by atoms with van der Waals surface area (Å²) in [6.45, 7) is 0.621. The Bertz CT molecular complexity index is 894. The standard InChI is InChI=1S/C21H22N4O2/c22-20(26)11-19-18(8-14-4-2-1-3-5-14)23-13-25(19)12-15-6-7-16-10-21(27)24-17(16)9-15/h1-7,9,13,18-19H,8,10-12H2,(H2,22,26)(H,24,27). The zero-order valence-electron chi connectivity index (χ0n) is 15.0. The fourth-order valence-corrected chi connectivity index (χ4v) is 3.81. The van der Waals surface area contributed by atoms with Crippen LogP contribution < -0.4 is 11.1 Å². The number of rotatable bonds is 6. The second-order valence-electron chi connectivity index (χ2n) is 7.15. The molecule has 2 unspecified atom stereocenters. The smallest absolute Gasteiger partial charge is 0.228 e. The minimum Gasteiger partial charge on any atom is -0.370 e. The van der Waals surface area contributed by atoms with Crippen LogP contribution in [0.5, 0.6) is 0 Å². The average Bonchev–Trinajstić information content (AvgIpc) is 3.18. The van der Waals surface area contributed by atoms with Gasteiger partial charge in [0.25, 0.3) is 0 Å². The molecular formula is C21H22N4O2. The quantitative estimate of drug-likeness (QED) is 0.822. The zero-order valence-corrected chi connectivity index (χ0v) is 15.0. The molecule has 4 rings (SSSR count). The maximum atomic E-state index is 11.6. The average molecular weight is 362 g/mol. The molecule has 6 heteroatoms. The summed E-state index contributed by atoms with van der Waals surface area (Å²) >= 11 is 0. The van der Waals surface area contributed by atoms with Crippen LogP contribution in [-0.4, -0.2) is 35.1 Å². The summed E-state index contributed by atoms with van der Waals surface area (Å²) in [5, 5.41) is 2.88. The molecule has 0 aromatic heterocycles. The number of nitrogens with two attached hydrogens (primary N) is 1. The normalized spacial score (nSPS) is 20.6. The van der Waals surface area contributed by atoms with Crippen molar-refractivity contribution in [3.8, 4) is 0 Å². The van der Waals surface area contributed by atoms with Crippen molar-refractivity contribution >= 4 is 23.8 Å². The van der Waals surface area contributed by atoms with Crippen molar-refractivity contribution < 1.29 is 9.59 Å². The second kappa shape index (κ2) is 7.23. The minimum absolute atomic E-state index is 0.00553. The number of nitrogens with zero attached hydrogens (tertiary/aromatic N) is 2. The van der Waals surface area contributed by atoms with Gasteiger partial charge in [-0.2, -0.15) is 0 Å². The summed E-state index contributed by atoms with van der Waals surface area (Å²) in [4.78, 5) is 29.9. The van der Waals surface area contributed by atoms with Gasteiger partial charge < -0.3 is 16.0 Å². The fraction of sp³-hybridized carbons (Fsp3) is 0.286. The molecule has 27 heavy (non-hydrogen) atoms. The molecule has 0 saturated carbocycles. The van der Waals surface area contributed by atoms with Crippen molar-refractivity contribution in [1.29, 1.82) is 0 Å². The van der Waals surface area contributed by atoms with Crippen molar-refractivity contribution in [2.75, 3.05) is 5.32 Å². The summed E-state index contributed by atoms with van der Waals surface area (Å²) in [6.07, 6.45) is 3.29. The molecule has 2 aliphatic heterocycles. The van der Waals surface area contributed by atoms with Crippen molar-refractivity contribution in [1.82, 2.24) is 4.90 Å². The van der Waals surface area contributed by atoms with Crippen LogP contribution in [-0.2, 0) is 29.0 Å². The highest BCUT2D eigenvalue weighted by atomic mass is 16.2. The molecule has 2 atom stereocenters. The molecule has 0 aliphatic carbocycles. The SMILES string of the molecule is NC(=O)CC1C(Cc2ccccc2)N=CN1Cc1ccc2c(c1)NC(=O)C2. The number of primary amides is 1. The molecule has 138 valence electrons. The maximum absolute atomic E-state index is 11.6. The van der Waals surface area contributed by atoms with E-state index >= 15 is 0 Å². The Balaban J connectivity index is 1.50. The van der Waals surface area contributed by atoms with E-state index in [4.69, 9.17) is 5.73 Å². The molecule has 6 nitrogen and oxygen atoms in total. The van der Waals surface area contributed by atoms with Crippen LogP contribution in [0.25, 0.3) is 0 Å². The summed E-state index contributed by atoms with van der Waals surface area (Å²) in [6, 6.07) is 16.1. The number of amides is 2. The number of benzene rings is 2. The Morgan fingerprint density at radius 2 is 2.00 bits per heavy atom. The van der Waals surface area contributed by atoms with Crippen molar-refractivity contribution in [3.63, 3.8) is 0 Å². The minimum atomic E-state index is -0.324. The van der Waals surface area contributed by atoms with E-state index in [1.165, 1.54) is 5.56 Å². The number of fused-ring (bicyclic) bond motifs is 1. The van der Waals surface area contributed by atoms with E-state index in [0.717, 1.165) is 23.2 Å². The number of carbonyl (C=O) groups excluding carboxylic acids is 2. The highest BCUT2D eigenvalue weighted by Crippen LogP contribution is 2.27. The first-order valence-corrected chi connectivity index (χ1v) is 9.11. The van der Waals surface area contributed by atoms with Gasteiger partial charge in [0, 0.05) is 18.7 Å². The van der Waals surface area contributed by atoms with Crippen molar-refractivity contribution in [2.24, 2.45) is 10.7 Å². The molecule has 0 bridgehead atoms. The molecule has 3 N–H and O–H groups in total. The van der Waals surface area contributed by atoms with Gasteiger partial charge in [-0.3, -0.25) is 14.6 Å². The van der Waals surface area contributed by atoms with E-state index < -0.39 is 0 Å². The first-order valence-electron chi connectivity index (χ1n) is 9.11. The van der Waals surface area contributed by atoms with Gasteiger partial charge in [0.15, 0.2) is 0 Å². The van der Waals surface area contributed by atoms with Crippen LogP contribution in [0.4, 0.5) is 5.69 Å². The number of anilines is 1. The van der Waals surface area contributed by atoms with Crippen molar-refractivity contribution in [2.45, 2.75) is 37.9 Å². The van der Waals surface area contributed by atoms with Gasteiger partial charge in [0.2, 0.25) is 11.8 Å². The predicted molar refractivity (Wildman–Crippen MR) is 104 cm³/mol. The Hall–Kier alpha value is -3.15. The number of carbonyl (C=O) groups is 2. The van der Waals surface area contributed by atoms with Crippen molar-refractivity contribution in [3.05, 3.63) is 65.2 Å². The van der Waals surface area contributed by atoms with Gasteiger partial charge in [-0.05, 0) is 29.2 Å². The van der Waals surface area contributed by atoms with Gasteiger partial charge >= 0.3 is 0 Å². The number of nitrogens with one attached hydrogen (secondary N) is 1. The highest BCUT2D eigenvalue weighted by molar-refractivity contribution is 5.99. The molecule has 2 heterocycles. The maximum Gasteiger partial charge on any atom is 0.228 e. The van der Waals surface area contributed by atoms with Gasteiger partial charge in [-0.15, -0.1) is 0 Å². The molecule has 0 saturated heterocycles. The Labute approximate surface area is 158 Å². The third-order valence-corrected chi connectivity index (χ3v) is 5.14. The summed E-state index contributed by atoms with van der Waals surface area (Å²) < 4.78 is 0. The van der Waals surface area contributed by atoms with Gasteiger partial charge in [0.05, 0.1) is 24.8 Å². The van der Waals surface area contributed by atoms with E-state index in [0.29, 0.717) is 13.0 Å². The van der Waals surface area contributed by atoms with Gasteiger partial charge in [0.1, 0.15) is 0 Å². The fourth-order valence-electron chi connectivity index (χ4n) is 3.81. The summed E-state index contributed by atoms with van der Waals surface area (Å²) in [5.41, 5.74) is 9.66. The van der Waals surface area contributed by atoms with E-state index in [1.807, 2.05) is 42.7 Å². The summed E-state index contributed by atoms with van der Waals surface area (Å²) in [7, 11) is 0. The van der Waals surface area contributed by atoms with E-state index in [2.05, 4.69) is 27.3 Å². The second-order valence-corrected chi connectivity index (χ2v) is 7.15. The van der Waals surface area contributed by atoms with E-state index in [1.54, 1.807) is 0 Å². The molecule has 2 aromatic rings. The van der Waals surface area contributed by atoms with Crippen LogP contribution in [0.1, 0.15) is 23.1 Å². The first-order chi connectivity index (χ1) is 13.1. The van der Waals surface area contributed by atoms with E-state index in [-0.39, 0.29) is 30.3 Å². The van der Waals surface area contributed by atoms with Crippen LogP contribution in [0.2, 0.25) is 0 Å². The lowest BCUT2D eigenvalue weighted by Gasteiger charge is -2.27. The monoisotopic (exact) mass is 362 g/mol. The lowest BCUT2D eigenvalue weighted by Crippen LogP contribution is -2.40. The molecule has 2 amide bonds. The molecular weight excluding hydrogens is 340 g/mol. The lowest BCUT2D eigenvalue weighted by atomic mass is 9.97. The zero-order chi connectivity index (χ0) is 18.8. The summed E-state index contributed by atoms with van der Waals surface area (Å²) in [5.74, 6) is -0.297. The Morgan fingerprint density at radius 1 is 1.19 bits per heavy atom. The van der Waals surface area contributed by atoms with Gasteiger partial charge in [-0.25, -0.2) is 0 Å². The van der Waals surface area contributed by atoms with E-state index in [9.17, 15) is 9.59 Å².